The van der Waals surface area contributed by atoms with E-state index >= 15 is 0 Å². The second kappa shape index (κ2) is 8.20. The number of halogens is 1. The molecule has 7 nitrogen and oxygen atoms in total. The lowest BCUT2D eigenvalue weighted by Gasteiger charge is -2.20. The third kappa shape index (κ3) is 5.89. The Hall–Kier alpha value is -2.00. The van der Waals surface area contributed by atoms with Crippen LogP contribution in [0.4, 0.5) is 4.39 Å². The molecule has 24 heavy (non-hydrogen) atoms. The number of carbonyl (C=O) groups excluding carboxylic acids is 1. The minimum absolute atomic E-state index is 0.123. The van der Waals surface area contributed by atoms with Gasteiger partial charge in [0.25, 0.3) is 0 Å². The van der Waals surface area contributed by atoms with Crippen molar-refractivity contribution in [1.82, 2.24) is 10.0 Å². The Bertz CT molecular complexity index is 719. The van der Waals surface area contributed by atoms with Gasteiger partial charge >= 0.3 is 5.97 Å². The van der Waals surface area contributed by atoms with E-state index in [-0.39, 0.29) is 22.8 Å². The monoisotopic (exact) mass is 360 g/mol. The van der Waals surface area contributed by atoms with E-state index < -0.39 is 40.3 Å². The molecule has 0 aliphatic rings. The first-order valence-electron chi connectivity index (χ1n) is 7.30. The fourth-order valence-electron chi connectivity index (χ4n) is 2.05. The highest BCUT2D eigenvalue weighted by Gasteiger charge is 2.22. The molecule has 0 radical (unpaired) electrons. The van der Waals surface area contributed by atoms with Crippen molar-refractivity contribution >= 4 is 21.9 Å². The first-order valence-corrected chi connectivity index (χ1v) is 8.78. The van der Waals surface area contributed by atoms with E-state index in [9.17, 15) is 22.4 Å². The number of aliphatic carboxylic acids is 1. The van der Waals surface area contributed by atoms with Crippen molar-refractivity contribution in [3.63, 3.8) is 0 Å². The molecule has 1 unspecified atom stereocenters. The molecule has 1 aromatic carbocycles. The van der Waals surface area contributed by atoms with Crippen LogP contribution in [0, 0.1) is 18.7 Å². The van der Waals surface area contributed by atoms with Gasteiger partial charge in [-0.2, -0.15) is 0 Å². The summed E-state index contributed by atoms with van der Waals surface area (Å²) in [5, 5.41) is 11.3. The van der Waals surface area contributed by atoms with Crippen LogP contribution in [0.25, 0.3) is 0 Å². The summed E-state index contributed by atoms with van der Waals surface area (Å²) in [6.07, 6.45) is -0.257. The number of carboxylic acid groups (broad SMARTS) is 1. The van der Waals surface area contributed by atoms with Crippen LogP contribution in [0.15, 0.2) is 23.1 Å². The van der Waals surface area contributed by atoms with E-state index in [4.69, 9.17) is 5.11 Å². The zero-order valence-electron chi connectivity index (χ0n) is 13.7. The van der Waals surface area contributed by atoms with E-state index in [0.29, 0.717) is 0 Å². The van der Waals surface area contributed by atoms with E-state index in [2.05, 4.69) is 10.0 Å². The second-order valence-electron chi connectivity index (χ2n) is 5.75. The third-order valence-electron chi connectivity index (χ3n) is 3.39. The summed E-state index contributed by atoms with van der Waals surface area (Å²) >= 11 is 0. The Labute approximate surface area is 140 Å². The minimum Gasteiger partial charge on any atom is -0.481 e. The van der Waals surface area contributed by atoms with Crippen LogP contribution >= 0.6 is 0 Å². The zero-order valence-corrected chi connectivity index (χ0v) is 14.5. The number of sulfonamides is 1. The number of hydrogen-bond acceptors (Lipinski definition) is 4. The average molecular weight is 360 g/mol. The Morgan fingerprint density at radius 3 is 2.42 bits per heavy atom. The van der Waals surface area contributed by atoms with Crippen LogP contribution in [0.2, 0.25) is 0 Å². The van der Waals surface area contributed by atoms with Crippen molar-refractivity contribution in [2.24, 2.45) is 5.92 Å². The van der Waals surface area contributed by atoms with Crippen molar-refractivity contribution in [2.45, 2.75) is 38.1 Å². The van der Waals surface area contributed by atoms with Gasteiger partial charge in [-0.15, -0.1) is 0 Å². The van der Waals surface area contributed by atoms with E-state index in [0.717, 1.165) is 18.2 Å². The van der Waals surface area contributed by atoms with Crippen molar-refractivity contribution in [3.8, 4) is 0 Å². The number of amides is 1. The number of carbonyl (C=O) groups is 2. The molecule has 0 bridgehead atoms. The van der Waals surface area contributed by atoms with E-state index in [1.54, 1.807) is 13.8 Å². The standard InChI is InChI=1S/C15H21FN2O5S/c1-9(2)12(7-15(20)21)18-14(19)8-17-24(22,23)13-5-4-11(16)6-10(13)3/h4-6,9,12,17H,7-8H2,1-3H3,(H,18,19)(H,20,21). The Morgan fingerprint density at radius 2 is 1.92 bits per heavy atom. The summed E-state index contributed by atoms with van der Waals surface area (Å²) in [5.41, 5.74) is 0.217. The van der Waals surface area contributed by atoms with Gasteiger partial charge in [0, 0.05) is 6.04 Å². The van der Waals surface area contributed by atoms with E-state index in [1.807, 2.05) is 0 Å². The van der Waals surface area contributed by atoms with Crippen LogP contribution in [0.1, 0.15) is 25.8 Å². The highest BCUT2D eigenvalue weighted by Crippen LogP contribution is 2.15. The fourth-order valence-corrected chi connectivity index (χ4v) is 3.26. The molecule has 1 atom stereocenters. The summed E-state index contributed by atoms with van der Waals surface area (Å²) in [6.45, 7) is 4.40. The molecule has 9 heteroatoms. The number of nitrogens with one attached hydrogen (secondary N) is 2. The van der Waals surface area contributed by atoms with Gasteiger partial charge in [0.2, 0.25) is 15.9 Å². The molecular formula is C15H21FN2O5S. The zero-order chi connectivity index (χ0) is 18.5. The molecule has 0 aromatic heterocycles. The fraction of sp³-hybridized carbons (Fsp3) is 0.467. The predicted molar refractivity (Wildman–Crippen MR) is 85.3 cm³/mol. The van der Waals surface area contributed by atoms with Gasteiger partial charge in [0.1, 0.15) is 5.82 Å². The molecular weight excluding hydrogens is 339 g/mol. The average Bonchev–Trinajstić information content (AvgIpc) is 2.43. The highest BCUT2D eigenvalue weighted by atomic mass is 32.2. The van der Waals surface area contributed by atoms with Gasteiger partial charge in [0.05, 0.1) is 17.9 Å². The molecule has 0 spiro atoms. The quantitative estimate of drug-likeness (QED) is 0.641. The van der Waals surface area contributed by atoms with Gasteiger partial charge in [-0.1, -0.05) is 13.8 Å². The molecule has 0 saturated heterocycles. The van der Waals surface area contributed by atoms with Crippen LogP contribution in [0.3, 0.4) is 0 Å². The molecule has 0 heterocycles. The highest BCUT2D eigenvalue weighted by molar-refractivity contribution is 7.89. The van der Waals surface area contributed by atoms with Gasteiger partial charge in [-0.05, 0) is 36.6 Å². The van der Waals surface area contributed by atoms with Gasteiger partial charge < -0.3 is 10.4 Å². The van der Waals surface area contributed by atoms with Crippen molar-refractivity contribution < 1.29 is 27.5 Å². The predicted octanol–water partition coefficient (Wildman–Crippen LogP) is 1.03. The van der Waals surface area contributed by atoms with Crippen molar-refractivity contribution in [1.29, 1.82) is 0 Å². The molecule has 0 aliphatic carbocycles. The Balaban J connectivity index is 2.73. The molecule has 0 aliphatic heterocycles. The summed E-state index contributed by atoms with van der Waals surface area (Å²) < 4.78 is 39.5. The maximum atomic E-state index is 13.0. The van der Waals surface area contributed by atoms with Crippen LogP contribution in [-0.4, -0.2) is 38.0 Å². The van der Waals surface area contributed by atoms with Crippen LogP contribution in [0.5, 0.6) is 0 Å². The topological polar surface area (TPSA) is 113 Å². The largest absolute Gasteiger partial charge is 0.481 e. The number of benzene rings is 1. The molecule has 3 N–H and O–H groups in total. The van der Waals surface area contributed by atoms with Gasteiger partial charge in [-0.25, -0.2) is 17.5 Å². The molecule has 1 aromatic rings. The SMILES string of the molecule is Cc1cc(F)ccc1S(=O)(=O)NCC(=O)NC(CC(=O)O)C(C)C. The first-order chi connectivity index (χ1) is 11.0. The molecule has 134 valence electrons. The Kier molecular flexibility index (Phi) is 6.85. The third-order valence-corrected chi connectivity index (χ3v) is 4.96. The maximum absolute atomic E-state index is 13.0. The van der Waals surface area contributed by atoms with E-state index in [1.165, 1.54) is 6.92 Å². The minimum atomic E-state index is -3.98. The van der Waals surface area contributed by atoms with Crippen molar-refractivity contribution in [3.05, 3.63) is 29.6 Å². The molecule has 0 saturated carbocycles. The van der Waals surface area contributed by atoms with Crippen LogP contribution < -0.4 is 10.0 Å². The lowest BCUT2D eigenvalue weighted by molar-refractivity contribution is -0.138. The molecule has 1 rings (SSSR count). The normalized spacial score (nSPS) is 12.9. The summed E-state index contributed by atoms with van der Waals surface area (Å²) in [6, 6.07) is 2.61. The molecule has 1 amide bonds. The number of rotatable bonds is 8. The number of hydrogen-bond donors (Lipinski definition) is 3. The first kappa shape index (κ1) is 20.0. The van der Waals surface area contributed by atoms with Gasteiger partial charge in [0.15, 0.2) is 0 Å². The van der Waals surface area contributed by atoms with Gasteiger partial charge in [-0.3, -0.25) is 9.59 Å². The summed E-state index contributed by atoms with van der Waals surface area (Å²) in [7, 11) is -3.98. The summed E-state index contributed by atoms with van der Waals surface area (Å²) in [4.78, 5) is 22.5. The lowest BCUT2D eigenvalue weighted by atomic mass is 10.0. The number of aryl methyl sites for hydroxylation is 1. The van der Waals surface area contributed by atoms with Crippen LogP contribution in [-0.2, 0) is 19.6 Å². The number of carboxylic acids is 1. The summed E-state index contributed by atoms with van der Waals surface area (Å²) in [5.74, 6) is -2.38. The maximum Gasteiger partial charge on any atom is 0.305 e. The van der Waals surface area contributed by atoms with Crippen molar-refractivity contribution in [2.75, 3.05) is 6.54 Å². The second-order valence-corrected chi connectivity index (χ2v) is 7.49. The Morgan fingerprint density at radius 1 is 1.29 bits per heavy atom. The molecule has 0 fully saturated rings. The lowest BCUT2D eigenvalue weighted by Crippen LogP contribution is -2.45. The smallest absolute Gasteiger partial charge is 0.305 e.